The summed E-state index contributed by atoms with van der Waals surface area (Å²) >= 11 is 0. The summed E-state index contributed by atoms with van der Waals surface area (Å²) in [7, 11) is 5.19. The molecule has 4 aliphatic carbocycles. The smallest absolute Gasteiger partial charge is 0.310 e. The van der Waals surface area contributed by atoms with Crippen LogP contribution in [0.25, 0.3) is 22.3 Å². The Balaban J connectivity index is 0.000000142. The SMILES string of the molecule is C.COC(=O)C1C(c2ccc(-c3ccoc3)cc2)CC23CCC2N(C)C13.COC(=O)C1C(c2ccc(-c3ccoc3)cc2)CC23CCC2NC13. The number of furan rings is 2. The van der Waals surface area contributed by atoms with Crippen LogP contribution in [0.4, 0.5) is 0 Å². The molecule has 8 nitrogen and oxygen atoms in total. The van der Waals surface area contributed by atoms with Crippen molar-refractivity contribution in [1.82, 2.24) is 10.2 Å². The van der Waals surface area contributed by atoms with Crippen molar-refractivity contribution in [3.8, 4) is 22.3 Å². The highest BCUT2D eigenvalue weighted by Gasteiger charge is 2.73. The van der Waals surface area contributed by atoms with Crippen molar-refractivity contribution in [3.63, 3.8) is 0 Å². The van der Waals surface area contributed by atoms with Crippen LogP contribution in [-0.4, -0.2) is 62.3 Å². The lowest BCUT2D eigenvalue weighted by Crippen LogP contribution is -2.75. The van der Waals surface area contributed by atoms with E-state index in [1.54, 1.807) is 25.1 Å². The minimum absolute atomic E-state index is 0. The number of esters is 2. The van der Waals surface area contributed by atoms with Crippen molar-refractivity contribution < 1.29 is 27.9 Å². The third-order valence-corrected chi connectivity index (χ3v) is 13.8. The molecule has 1 N–H and O–H groups in total. The molecule has 2 aliphatic heterocycles. The van der Waals surface area contributed by atoms with Gasteiger partial charge in [-0.25, -0.2) is 0 Å². The largest absolute Gasteiger partial charge is 0.472 e. The van der Waals surface area contributed by atoms with E-state index >= 15 is 0 Å². The standard InChI is InChI=1S/C21H23NO3.C20H21NO3.CH4/c1-22-17-7-9-21(17)11-16(18(19(21)22)20(23)24-2)14-5-3-13(4-6-14)15-8-10-25-12-15;1-23-19(22)17-15(10-20-8-6-16(20)21-18(17)20)13-4-2-12(3-5-13)14-7-9-24-11-14;/h3-6,8,10,12,16-19H,7,9,11H2,1-2H3;2-5,7,9,11,15-18,21H,6,8,10H2,1H3;1H4. The highest BCUT2D eigenvalue weighted by atomic mass is 16.5. The maximum atomic E-state index is 12.6. The summed E-state index contributed by atoms with van der Waals surface area (Å²) < 4.78 is 20.7. The number of carbonyl (C=O) groups excluding carboxylic acids is 2. The van der Waals surface area contributed by atoms with E-state index < -0.39 is 0 Å². The molecule has 262 valence electrons. The molecule has 10 unspecified atom stereocenters. The number of hydrogen-bond donors (Lipinski definition) is 1. The number of hydrogen-bond acceptors (Lipinski definition) is 8. The lowest BCUT2D eigenvalue weighted by Gasteiger charge is -2.68. The summed E-state index contributed by atoms with van der Waals surface area (Å²) in [5, 5.41) is 3.62. The van der Waals surface area contributed by atoms with Gasteiger partial charge in [0, 0.05) is 46.1 Å². The Labute approximate surface area is 294 Å². The molecule has 2 aromatic carbocycles. The molecule has 50 heavy (non-hydrogen) atoms. The zero-order chi connectivity index (χ0) is 33.5. The van der Waals surface area contributed by atoms with E-state index in [2.05, 4.69) is 65.8 Å². The van der Waals surface area contributed by atoms with Crippen LogP contribution in [0.15, 0.2) is 94.6 Å². The van der Waals surface area contributed by atoms with Gasteiger partial charge in [0.05, 0.1) is 51.1 Å². The second kappa shape index (κ2) is 12.3. The summed E-state index contributed by atoms with van der Waals surface area (Å²) in [6.07, 6.45) is 14.1. The maximum absolute atomic E-state index is 12.6. The van der Waals surface area contributed by atoms with Gasteiger partial charge in [-0.2, -0.15) is 0 Å². The van der Waals surface area contributed by atoms with E-state index in [0.29, 0.717) is 35.0 Å². The van der Waals surface area contributed by atoms with Gasteiger partial charge >= 0.3 is 11.9 Å². The molecule has 6 fully saturated rings. The van der Waals surface area contributed by atoms with Crippen LogP contribution < -0.4 is 5.32 Å². The molecule has 2 saturated heterocycles. The minimum Gasteiger partial charge on any atom is -0.472 e. The monoisotopic (exact) mass is 676 g/mol. The van der Waals surface area contributed by atoms with Crippen LogP contribution in [0.1, 0.15) is 68.9 Å². The van der Waals surface area contributed by atoms with E-state index in [1.165, 1.54) is 51.0 Å². The Kier molecular flexibility index (Phi) is 8.11. The maximum Gasteiger partial charge on any atom is 0.310 e. The van der Waals surface area contributed by atoms with Crippen LogP contribution in [0.3, 0.4) is 0 Å². The number of methoxy groups -OCH3 is 2. The van der Waals surface area contributed by atoms with E-state index in [1.807, 2.05) is 12.1 Å². The average molecular weight is 677 g/mol. The van der Waals surface area contributed by atoms with E-state index in [4.69, 9.17) is 18.3 Å². The van der Waals surface area contributed by atoms with Gasteiger partial charge in [-0.05, 0) is 91.8 Å². The summed E-state index contributed by atoms with van der Waals surface area (Å²) in [6.45, 7) is 0. The van der Waals surface area contributed by atoms with Crippen LogP contribution in [0.5, 0.6) is 0 Å². The van der Waals surface area contributed by atoms with Gasteiger partial charge in [-0.1, -0.05) is 56.0 Å². The summed E-state index contributed by atoms with van der Waals surface area (Å²) in [5.74, 6) is 0.265. The van der Waals surface area contributed by atoms with Crippen LogP contribution in [0.2, 0.25) is 0 Å². The Morgan fingerprint density at radius 2 is 1.24 bits per heavy atom. The first-order valence-electron chi connectivity index (χ1n) is 17.8. The van der Waals surface area contributed by atoms with Gasteiger partial charge in [0.1, 0.15) is 0 Å². The van der Waals surface area contributed by atoms with Gasteiger partial charge < -0.3 is 23.6 Å². The lowest BCUT2D eigenvalue weighted by atomic mass is 9.53. The summed E-state index contributed by atoms with van der Waals surface area (Å²) in [5.41, 5.74) is 7.63. The molecule has 2 spiro atoms. The van der Waals surface area contributed by atoms with Crippen molar-refractivity contribution >= 4 is 11.9 Å². The average Bonchev–Trinajstić information content (AvgIpc) is 3.94. The van der Waals surface area contributed by atoms with Crippen molar-refractivity contribution in [2.45, 2.75) is 82.0 Å². The quantitative estimate of drug-likeness (QED) is 0.208. The predicted octanol–water partition coefficient (Wildman–Crippen LogP) is 7.67. The zero-order valence-electron chi connectivity index (χ0n) is 28.3. The first-order chi connectivity index (χ1) is 23.9. The molecule has 10 rings (SSSR count). The number of nitrogens with one attached hydrogen (secondary N) is 1. The van der Waals surface area contributed by atoms with Gasteiger partial charge in [0.25, 0.3) is 0 Å². The molecule has 4 heterocycles. The highest BCUT2D eigenvalue weighted by Crippen LogP contribution is 2.70. The summed E-state index contributed by atoms with van der Waals surface area (Å²) in [4.78, 5) is 27.5. The first kappa shape index (κ1) is 33.0. The lowest BCUT2D eigenvalue weighted by molar-refractivity contribution is -0.193. The Hall–Kier alpha value is -4.14. The number of likely N-dealkylation sites (tertiary alicyclic amines) is 1. The van der Waals surface area contributed by atoms with E-state index in [-0.39, 0.29) is 43.0 Å². The van der Waals surface area contributed by atoms with Crippen LogP contribution in [0, 0.1) is 22.7 Å². The number of rotatable bonds is 6. The second-order valence-electron chi connectivity index (χ2n) is 15.4. The normalized spacial score (nSPS) is 35.4. The number of benzene rings is 2. The van der Waals surface area contributed by atoms with Gasteiger partial charge in [0.15, 0.2) is 0 Å². The Morgan fingerprint density at radius 1 is 0.720 bits per heavy atom. The molecular weight excluding hydrogens is 628 g/mol. The van der Waals surface area contributed by atoms with Crippen molar-refractivity contribution in [2.24, 2.45) is 22.7 Å². The first-order valence-corrected chi connectivity index (χ1v) is 17.8. The second-order valence-corrected chi connectivity index (χ2v) is 15.4. The molecule has 10 atom stereocenters. The highest BCUT2D eigenvalue weighted by molar-refractivity contribution is 5.77. The van der Waals surface area contributed by atoms with E-state index in [0.717, 1.165) is 35.1 Å². The molecular formula is C42H48N2O6. The molecule has 6 aliphatic rings. The van der Waals surface area contributed by atoms with Gasteiger partial charge in [0.2, 0.25) is 0 Å². The number of nitrogens with zero attached hydrogens (tertiary/aromatic N) is 1. The molecule has 4 saturated carbocycles. The van der Waals surface area contributed by atoms with Gasteiger partial charge in [-0.3, -0.25) is 14.5 Å². The summed E-state index contributed by atoms with van der Waals surface area (Å²) in [6, 6.07) is 23.0. The minimum atomic E-state index is -0.0707. The molecule has 2 aromatic heterocycles. The molecule has 0 bridgehead atoms. The van der Waals surface area contributed by atoms with Crippen molar-refractivity contribution in [2.75, 3.05) is 21.3 Å². The number of ether oxygens (including phenoxy) is 2. The fraction of sp³-hybridized carbons (Fsp3) is 0.476. The fourth-order valence-corrected chi connectivity index (χ4v) is 11.2. The third kappa shape index (κ3) is 4.63. The molecule has 8 heteroatoms. The fourth-order valence-electron chi connectivity index (χ4n) is 11.2. The van der Waals surface area contributed by atoms with Gasteiger partial charge in [-0.15, -0.1) is 0 Å². The van der Waals surface area contributed by atoms with Crippen molar-refractivity contribution in [1.29, 1.82) is 0 Å². The zero-order valence-corrected chi connectivity index (χ0v) is 28.3. The number of piperidine rings is 2. The van der Waals surface area contributed by atoms with Crippen LogP contribution >= 0.6 is 0 Å². The Morgan fingerprint density at radius 3 is 1.68 bits per heavy atom. The number of carbonyl (C=O) groups is 2. The predicted molar refractivity (Wildman–Crippen MR) is 190 cm³/mol. The molecule has 4 aromatic rings. The van der Waals surface area contributed by atoms with E-state index in [9.17, 15) is 9.59 Å². The van der Waals surface area contributed by atoms with Crippen LogP contribution in [-0.2, 0) is 19.1 Å². The molecule has 0 radical (unpaired) electrons. The van der Waals surface area contributed by atoms with Crippen molar-refractivity contribution in [3.05, 3.63) is 96.8 Å². The molecule has 0 amide bonds. The third-order valence-electron chi connectivity index (χ3n) is 13.8. The topological polar surface area (TPSA) is 94.1 Å². The Bertz CT molecular complexity index is 1840.